The van der Waals surface area contributed by atoms with Gasteiger partial charge in [0.05, 0.1) is 17.9 Å². The molecule has 2 aromatic rings. The van der Waals surface area contributed by atoms with Gasteiger partial charge in [-0.3, -0.25) is 9.59 Å². The summed E-state index contributed by atoms with van der Waals surface area (Å²) >= 11 is 1.21. The predicted molar refractivity (Wildman–Crippen MR) is 113 cm³/mol. The summed E-state index contributed by atoms with van der Waals surface area (Å²) in [7, 11) is 0. The molecule has 0 aliphatic carbocycles. The molecule has 0 bridgehead atoms. The molecular formula is C22H24N2O5S. The lowest BCUT2D eigenvalue weighted by Gasteiger charge is -2.15. The zero-order chi connectivity index (χ0) is 21.3. The van der Waals surface area contributed by atoms with Gasteiger partial charge in [0.15, 0.2) is 12.4 Å². The summed E-state index contributed by atoms with van der Waals surface area (Å²) in [5.74, 6) is -0.0329. The fraction of sp³-hybridized carbons (Fsp3) is 0.364. The number of carbonyl (C=O) groups is 3. The Balaban J connectivity index is 1.55. The summed E-state index contributed by atoms with van der Waals surface area (Å²) in [6.07, 6.45) is 3.62. The third kappa shape index (κ3) is 5.82. The molecule has 158 valence electrons. The maximum Gasteiger partial charge on any atom is 0.341 e. The maximum atomic E-state index is 12.5. The minimum atomic E-state index is -0.640. The van der Waals surface area contributed by atoms with Gasteiger partial charge in [-0.25, -0.2) is 9.78 Å². The van der Waals surface area contributed by atoms with E-state index >= 15 is 0 Å². The van der Waals surface area contributed by atoms with Crippen molar-refractivity contribution in [1.82, 2.24) is 9.88 Å². The van der Waals surface area contributed by atoms with Gasteiger partial charge < -0.3 is 14.4 Å². The van der Waals surface area contributed by atoms with E-state index in [4.69, 9.17) is 9.47 Å². The Morgan fingerprint density at radius 2 is 1.83 bits per heavy atom. The van der Waals surface area contributed by atoms with Gasteiger partial charge in [0.2, 0.25) is 5.91 Å². The van der Waals surface area contributed by atoms with Gasteiger partial charge in [-0.2, -0.15) is 0 Å². The number of nitrogens with zero attached hydrogens (tertiary/aromatic N) is 2. The third-order valence-corrected chi connectivity index (χ3v) is 5.59. The first-order valence-electron chi connectivity index (χ1n) is 9.87. The smallest absolute Gasteiger partial charge is 0.341 e. The molecule has 1 aliphatic heterocycles. The molecule has 1 saturated heterocycles. The molecule has 1 aromatic heterocycles. The van der Waals surface area contributed by atoms with Gasteiger partial charge in [-0.1, -0.05) is 11.8 Å². The van der Waals surface area contributed by atoms with Crippen molar-refractivity contribution in [3.05, 3.63) is 53.7 Å². The standard InChI is InChI=1S/C22H24N2O5S/c1-2-28-17-9-7-16(8-10-17)19(25)14-29-22(27)18-6-5-11-23-21(18)30-15-20(26)24-12-3-4-13-24/h5-11H,2-4,12-15H2,1H3. The summed E-state index contributed by atoms with van der Waals surface area (Å²) in [4.78, 5) is 43.1. The predicted octanol–water partition coefficient (Wildman–Crippen LogP) is 3.23. The highest BCUT2D eigenvalue weighted by molar-refractivity contribution is 8.00. The van der Waals surface area contributed by atoms with Crippen molar-refractivity contribution in [1.29, 1.82) is 0 Å². The molecule has 8 heteroatoms. The van der Waals surface area contributed by atoms with Crippen LogP contribution < -0.4 is 4.74 Å². The molecule has 0 radical (unpaired) electrons. The lowest BCUT2D eigenvalue weighted by atomic mass is 10.1. The van der Waals surface area contributed by atoms with Crippen LogP contribution in [-0.4, -0.2) is 59.6 Å². The summed E-state index contributed by atoms with van der Waals surface area (Å²) < 4.78 is 10.5. The van der Waals surface area contributed by atoms with E-state index in [1.165, 1.54) is 11.8 Å². The van der Waals surface area contributed by atoms with Crippen LogP contribution in [0.4, 0.5) is 0 Å². The highest BCUT2D eigenvalue weighted by Gasteiger charge is 2.21. The first kappa shape index (κ1) is 21.8. The summed E-state index contributed by atoms with van der Waals surface area (Å²) in [5, 5.41) is 0.420. The van der Waals surface area contributed by atoms with Crippen LogP contribution >= 0.6 is 11.8 Å². The second kappa shape index (κ2) is 10.8. The molecule has 0 spiro atoms. The summed E-state index contributed by atoms with van der Waals surface area (Å²) in [6, 6.07) is 9.88. The zero-order valence-corrected chi connectivity index (χ0v) is 17.7. The van der Waals surface area contributed by atoms with Crippen molar-refractivity contribution in [3.63, 3.8) is 0 Å². The molecule has 1 fully saturated rings. The SMILES string of the molecule is CCOc1ccc(C(=O)COC(=O)c2cccnc2SCC(=O)N2CCCC2)cc1. The second-order valence-electron chi connectivity index (χ2n) is 6.69. The molecular weight excluding hydrogens is 404 g/mol. The topological polar surface area (TPSA) is 85.8 Å². The zero-order valence-electron chi connectivity index (χ0n) is 16.8. The third-order valence-electron chi connectivity index (χ3n) is 4.60. The first-order chi connectivity index (χ1) is 14.6. The number of ketones is 1. The molecule has 1 aliphatic rings. The van der Waals surface area contributed by atoms with Crippen molar-refractivity contribution in [3.8, 4) is 5.75 Å². The Hall–Kier alpha value is -2.87. The Morgan fingerprint density at radius 3 is 2.53 bits per heavy atom. The van der Waals surface area contributed by atoms with Crippen LogP contribution in [0, 0.1) is 0 Å². The number of likely N-dealkylation sites (tertiary alicyclic amines) is 1. The van der Waals surface area contributed by atoms with Crippen molar-refractivity contribution >= 4 is 29.4 Å². The van der Waals surface area contributed by atoms with Crippen LogP contribution in [0.15, 0.2) is 47.6 Å². The average Bonchev–Trinajstić information content (AvgIpc) is 3.31. The molecule has 0 unspecified atom stereocenters. The monoisotopic (exact) mass is 428 g/mol. The first-order valence-corrected chi connectivity index (χ1v) is 10.9. The number of carbonyl (C=O) groups excluding carboxylic acids is 3. The van der Waals surface area contributed by atoms with Gasteiger partial charge in [-0.15, -0.1) is 0 Å². The fourth-order valence-corrected chi connectivity index (χ4v) is 3.93. The lowest BCUT2D eigenvalue weighted by Crippen LogP contribution is -2.29. The number of esters is 1. The number of amides is 1. The van der Waals surface area contributed by atoms with Gasteiger partial charge in [0.1, 0.15) is 10.8 Å². The average molecular weight is 429 g/mol. The van der Waals surface area contributed by atoms with E-state index < -0.39 is 5.97 Å². The summed E-state index contributed by atoms with van der Waals surface area (Å²) in [5.41, 5.74) is 0.680. The number of hydrogen-bond donors (Lipinski definition) is 0. The Labute approximate surface area is 179 Å². The molecule has 0 saturated carbocycles. The van der Waals surface area contributed by atoms with Crippen molar-refractivity contribution in [2.75, 3.05) is 32.1 Å². The minimum absolute atomic E-state index is 0.0353. The van der Waals surface area contributed by atoms with Gasteiger partial charge >= 0.3 is 5.97 Å². The van der Waals surface area contributed by atoms with Gasteiger partial charge in [0, 0.05) is 24.8 Å². The van der Waals surface area contributed by atoms with Crippen LogP contribution in [0.3, 0.4) is 0 Å². The fourth-order valence-electron chi connectivity index (χ4n) is 3.05. The minimum Gasteiger partial charge on any atom is -0.494 e. The number of ether oxygens (including phenoxy) is 2. The number of thioether (sulfide) groups is 1. The second-order valence-corrected chi connectivity index (χ2v) is 7.65. The largest absolute Gasteiger partial charge is 0.494 e. The number of Topliss-reactive ketones (excluding diaryl/α,β-unsaturated/α-hetero) is 1. The van der Waals surface area contributed by atoms with E-state index in [9.17, 15) is 14.4 Å². The Bertz CT molecular complexity index is 895. The quantitative estimate of drug-likeness (QED) is 0.344. The highest BCUT2D eigenvalue weighted by atomic mass is 32.2. The molecule has 1 amide bonds. The van der Waals surface area contributed by atoms with Crippen molar-refractivity contribution < 1.29 is 23.9 Å². The molecule has 1 aromatic carbocycles. The van der Waals surface area contributed by atoms with E-state index in [1.54, 1.807) is 42.6 Å². The molecule has 7 nitrogen and oxygen atoms in total. The molecule has 3 rings (SSSR count). The van der Waals surface area contributed by atoms with E-state index in [1.807, 2.05) is 11.8 Å². The Morgan fingerprint density at radius 1 is 1.10 bits per heavy atom. The van der Waals surface area contributed by atoms with Crippen LogP contribution in [-0.2, 0) is 9.53 Å². The number of hydrogen-bond acceptors (Lipinski definition) is 7. The maximum absolute atomic E-state index is 12.5. The van der Waals surface area contributed by atoms with E-state index in [-0.39, 0.29) is 29.6 Å². The van der Waals surface area contributed by atoms with Gasteiger partial charge in [0.25, 0.3) is 0 Å². The number of benzene rings is 1. The van der Waals surface area contributed by atoms with Crippen molar-refractivity contribution in [2.24, 2.45) is 0 Å². The van der Waals surface area contributed by atoms with E-state index in [0.29, 0.717) is 22.9 Å². The molecule has 0 atom stereocenters. The van der Waals surface area contributed by atoms with E-state index in [0.717, 1.165) is 25.9 Å². The van der Waals surface area contributed by atoms with Crippen LogP contribution in [0.1, 0.15) is 40.5 Å². The lowest BCUT2D eigenvalue weighted by molar-refractivity contribution is -0.127. The number of rotatable bonds is 9. The van der Waals surface area contributed by atoms with Crippen LogP contribution in [0.5, 0.6) is 5.75 Å². The Kier molecular flexibility index (Phi) is 7.84. The summed E-state index contributed by atoms with van der Waals surface area (Å²) in [6.45, 7) is 3.61. The van der Waals surface area contributed by atoms with Crippen LogP contribution in [0.25, 0.3) is 0 Å². The van der Waals surface area contributed by atoms with E-state index in [2.05, 4.69) is 4.98 Å². The highest BCUT2D eigenvalue weighted by Crippen LogP contribution is 2.22. The number of pyridine rings is 1. The van der Waals surface area contributed by atoms with Gasteiger partial charge in [-0.05, 0) is 56.2 Å². The molecule has 30 heavy (non-hydrogen) atoms. The van der Waals surface area contributed by atoms with Crippen LogP contribution in [0.2, 0.25) is 0 Å². The molecule has 0 N–H and O–H groups in total. The number of aromatic nitrogens is 1. The van der Waals surface area contributed by atoms with Crippen molar-refractivity contribution in [2.45, 2.75) is 24.8 Å². The normalized spacial score (nSPS) is 13.2. The molecule has 2 heterocycles.